The highest BCUT2D eigenvalue weighted by atomic mass is 15.1. The summed E-state index contributed by atoms with van der Waals surface area (Å²) in [7, 11) is 0. The molecule has 61 heavy (non-hydrogen) atoms. The largest absolute Gasteiger partial charge is 0.311 e. The summed E-state index contributed by atoms with van der Waals surface area (Å²) in [5, 5.41) is 5.93. The number of fused-ring (bicyclic) bond motifs is 3. The van der Waals surface area contributed by atoms with Gasteiger partial charge in [-0.25, -0.2) is 0 Å². The van der Waals surface area contributed by atoms with Gasteiger partial charge in [-0.15, -0.1) is 0 Å². The van der Waals surface area contributed by atoms with Crippen molar-refractivity contribution in [3.8, 4) is 55.6 Å². The van der Waals surface area contributed by atoms with Crippen LogP contribution in [0.3, 0.4) is 0 Å². The fourth-order valence-electron chi connectivity index (χ4n) is 8.44. The number of hydrogen-bond donors (Lipinski definition) is 0. The van der Waals surface area contributed by atoms with Crippen molar-refractivity contribution in [3.63, 3.8) is 0 Å². The molecule has 0 bridgehead atoms. The van der Waals surface area contributed by atoms with E-state index >= 15 is 0 Å². The van der Waals surface area contributed by atoms with Gasteiger partial charge in [0, 0.05) is 17.1 Å². The van der Waals surface area contributed by atoms with Crippen LogP contribution in [-0.2, 0) is 0 Å². The van der Waals surface area contributed by atoms with Gasteiger partial charge in [0.2, 0.25) is 0 Å². The lowest BCUT2D eigenvalue weighted by Crippen LogP contribution is -2.09. The van der Waals surface area contributed by atoms with Gasteiger partial charge in [-0.1, -0.05) is 212 Å². The normalized spacial score (nSPS) is 13.1. The molecule has 0 aliphatic rings. The molecule has 1 heteroatoms. The molecule has 0 radical (unpaired) electrons. The summed E-state index contributed by atoms with van der Waals surface area (Å²) >= 11 is 0. The first-order valence-electron chi connectivity index (χ1n) is 24.4. The quantitative estimate of drug-likeness (QED) is 0.148. The second-order valence-electron chi connectivity index (χ2n) is 15.0. The smallest absolute Gasteiger partial charge is 0.0645 e. The Hall–Kier alpha value is -8.00. The molecule has 0 aliphatic heterocycles. The van der Waals surface area contributed by atoms with Crippen molar-refractivity contribution in [3.05, 3.63) is 249 Å². The first-order chi connectivity index (χ1) is 33.6. The van der Waals surface area contributed by atoms with E-state index in [0.29, 0.717) is 16.8 Å². The second kappa shape index (κ2) is 15.6. The molecule has 0 aliphatic carbocycles. The minimum Gasteiger partial charge on any atom is -0.311 e. The van der Waals surface area contributed by atoms with Gasteiger partial charge in [0.1, 0.15) is 0 Å². The zero-order valence-electron chi connectivity index (χ0n) is 41.0. The minimum atomic E-state index is -0.399. The molecule has 11 aromatic rings. The minimum absolute atomic E-state index is 0.101. The molecule has 286 valence electrons. The number of nitrogens with zero attached hydrogens (tertiary/aromatic N) is 1. The number of rotatable bonds is 8. The predicted molar refractivity (Wildman–Crippen MR) is 261 cm³/mol. The molecule has 0 fully saturated rings. The summed E-state index contributed by atoms with van der Waals surface area (Å²) in [5.74, 6) is 0. The maximum absolute atomic E-state index is 9.68. The predicted octanol–water partition coefficient (Wildman–Crippen LogP) is 17.0. The Morgan fingerprint density at radius 1 is 0.246 bits per heavy atom. The van der Waals surface area contributed by atoms with Crippen molar-refractivity contribution >= 4 is 49.4 Å². The van der Waals surface area contributed by atoms with Crippen molar-refractivity contribution in [2.24, 2.45) is 0 Å². The zero-order valence-corrected chi connectivity index (χ0v) is 33.0. The highest BCUT2D eigenvalue weighted by Gasteiger charge is 2.17. The average Bonchev–Trinajstić information content (AvgIpc) is 3.39. The van der Waals surface area contributed by atoms with Crippen LogP contribution < -0.4 is 4.90 Å². The molecule has 0 saturated heterocycles. The third-order valence-electron chi connectivity index (χ3n) is 11.4. The number of benzene rings is 11. The van der Waals surface area contributed by atoms with Crippen LogP contribution in [0.2, 0.25) is 0 Å². The topological polar surface area (TPSA) is 3.24 Å². The van der Waals surface area contributed by atoms with E-state index in [4.69, 9.17) is 0 Å². The van der Waals surface area contributed by atoms with Crippen molar-refractivity contribution < 1.29 is 11.0 Å². The van der Waals surface area contributed by atoms with Crippen molar-refractivity contribution in [2.45, 2.75) is 0 Å². The third kappa shape index (κ3) is 6.83. The van der Waals surface area contributed by atoms with Gasteiger partial charge in [-0.2, -0.15) is 0 Å². The van der Waals surface area contributed by atoms with Gasteiger partial charge in [0.25, 0.3) is 0 Å². The van der Waals surface area contributed by atoms with Gasteiger partial charge in [-0.05, 0) is 124 Å². The molecule has 1 nitrogen and oxygen atoms in total. The maximum Gasteiger partial charge on any atom is 0.0645 e. The molecule has 0 amide bonds. The Bertz CT molecular complexity index is 3750. The summed E-state index contributed by atoms with van der Waals surface area (Å²) < 4.78 is 76.7. The van der Waals surface area contributed by atoms with Crippen LogP contribution in [0.1, 0.15) is 11.0 Å². The summed E-state index contributed by atoms with van der Waals surface area (Å²) in [4.78, 5) is 1.37. The highest BCUT2D eigenvalue weighted by Crippen LogP contribution is 2.42. The molecule has 0 unspecified atom stereocenters. The van der Waals surface area contributed by atoms with Gasteiger partial charge in [0.05, 0.1) is 11.0 Å². The van der Waals surface area contributed by atoms with Gasteiger partial charge < -0.3 is 4.90 Å². The molecule has 0 N–H and O–H groups in total. The van der Waals surface area contributed by atoms with E-state index in [2.05, 4.69) is 54.6 Å². The molecule has 0 aromatic heterocycles. The molecule has 0 heterocycles. The monoisotopic (exact) mass is 783 g/mol. The van der Waals surface area contributed by atoms with Crippen molar-refractivity contribution in [1.82, 2.24) is 0 Å². The Labute approximate surface area is 368 Å². The van der Waals surface area contributed by atoms with E-state index in [1.54, 1.807) is 18.2 Å². The Kier molecular flexibility index (Phi) is 7.29. The molecular weight excluding hydrogens is 735 g/mol. The van der Waals surface area contributed by atoms with Crippen LogP contribution in [0.15, 0.2) is 249 Å². The zero-order chi connectivity index (χ0) is 47.5. The fraction of sp³-hybridized carbons (Fsp3) is 0. The highest BCUT2D eigenvalue weighted by molar-refractivity contribution is 6.04. The molecule has 0 spiro atoms. The van der Waals surface area contributed by atoms with E-state index in [1.807, 2.05) is 127 Å². The molecule has 0 atom stereocenters. The lowest BCUT2D eigenvalue weighted by molar-refractivity contribution is 1.28. The number of anilines is 3. The first kappa shape index (κ1) is 28.4. The Balaban J connectivity index is 1.11. The summed E-state index contributed by atoms with van der Waals surface area (Å²) in [6.07, 6.45) is 0. The van der Waals surface area contributed by atoms with Crippen LogP contribution in [0, 0.1) is 0 Å². The summed E-state index contributed by atoms with van der Waals surface area (Å²) in [6, 6.07) is 61.9. The van der Waals surface area contributed by atoms with E-state index in [1.165, 1.54) is 4.90 Å². The maximum atomic E-state index is 9.68. The van der Waals surface area contributed by atoms with Crippen molar-refractivity contribution in [2.75, 3.05) is 4.90 Å². The Morgan fingerprint density at radius 3 is 1.30 bits per heavy atom. The summed E-state index contributed by atoms with van der Waals surface area (Å²) in [6.45, 7) is 0. The van der Waals surface area contributed by atoms with E-state index in [0.717, 1.165) is 65.7 Å². The van der Waals surface area contributed by atoms with Crippen LogP contribution in [-0.4, -0.2) is 0 Å². The average molecular weight is 784 g/mol. The lowest BCUT2D eigenvalue weighted by Gasteiger charge is -2.26. The fourth-order valence-corrected chi connectivity index (χ4v) is 8.44. The van der Waals surface area contributed by atoms with Crippen LogP contribution >= 0.6 is 0 Å². The van der Waals surface area contributed by atoms with Gasteiger partial charge in [0.15, 0.2) is 0 Å². The molecular formula is C60H41N. The summed E-state index contributed by atoms with van der Waals surface area (Å²) in [5.41, 5.74) is 7.03. The molecule has 11 rings (SSSR count). The SMILES string of the molecule is [2H]c1c([2H])c(N(c2ccc(-c3c(-c4ccccc4)ccc4ccccc34)cc2)c2c([2H])c([2H])c(-c3cccc4ccccc34)c([2H])c2[2H])c([2H])c([2H])c1-c1ccc(-c2cccc3ccccc23)cc1. The third-order valence-corrected chi connectivity index (χ3v) is 11.4. The number of hydrogen-bond acceptors (Lipinski definition) is 1. The van der Waals surface area contributed by atoms with Crippen LogP contribution in [0.25, 0.3) is 88.0 Å². The van der Waals surface area contributed by atoms with Crippen LogP contribution in [0.4, 0.5) is 17.1 Å². The first-order valence-corrected chi connectivity index (χ1v) is 20.4. The molecule has 0 saturated carbocycles. The van der Waals surface area contributed by atoms with E-state index in [9.17, 15) is 11.0 Å². The standard InChI is InChI=1S/C60H41N/c1-2-12-46(13-3-1)59-41-34-47-16-6-9-21-58(47)60(59)50-32-39-53(40-33-50)61(52-37-30-49(31-38-52)57-23-11-18-45-15-5-8-20-55(45)57)51-35-28-43(29-36-51)42-24-26-48(27-25-42)56-22-10-17-44-14-4-7-19-54(44)56/h1-41H/i28D,29D,30D,31D,35D,36D,37D,38D. The van der Waals surface area contributed by atoms with Crippen LogP contribution in [0.5, 0.6) is 0 Å². The molecule has 11 aromatic carbocycles. The second-order valence-corrected chi connectivity index (χ2v) is 15.0. The van der Waals surface area contributed by atoms with Gasteiger partial charge >= 0.3 is 0 Å². The lowest BCUT2D eigenvalue weighted by atomic mass is 9.89. The van der Waals surface area contributed by atoms with E-state index < -0.39 is 24.2 Å². The van der Waals surface area contributed by atoms with Gasteiger partial charge in [-0.3, -0.25) is 0 Å². The van der Waals surface area contributed by atoms with E-state index in [-0.39, 0.29) is 46.7 Å². The van der Waals surface area contributed by atoms with Crippen molar-refractivity contribution in [1.29, 1.82) is 0 Å². The Morgan fingerprint density at radius 2 is 0.689 bits per heavy atom.